The van der Waals surface area contributed by atoms with E-state index in [1.807, 2.05) is 18.7 Å². The monoisotopic (exact) mass is 194 g/mol. The molecule has 4 heteroatoms. The molecule has 4 nitrogen and oxygen atoms in total. The maximum absolute atomic E-state index is 5.94. The minimum atomic E-state index is 0.306. The number of rotatable bonds is 1. The van der Waals surface area contributed by atoms with Crippen molar-refractivity contribution in [2.45, 2.75) is 25.4 Å². The van der Waals surface area contributed by atoms with Crippen molar-refractivity contribution in [1.82, 2.24) is 14.7 Å². The first kappa shape index (κ1) is 9.68. The maximum Gasteiger partial charge on any atom is 0.0597 e. The third-order valence-corrected chi connectivity index (χ3v) is 2.96. The van der Waals surface area contributed by atoms with Gasteiger partial charge in [-0.1, -0.05) is 0 Å². The number of aryl methyl sites for hydroxylation is 2. The topological polar surface area (TPSA) is 47.1 Å². The molecule has 0 amide bonds. The van der Waals surface area contributed by atoms with Crippen LogP contribution >= 0.6 is 0 Å². The van der Waals surface area contributed by atoms with Crippen molar-refractivity contribution >= 4 is 0 Å². The van der Waals surface area contributed by atoms with Gasteiger partial charge in [-0.15, -0.1) is 0 Å². The SMILES string of the molecule is Cc1cc(C2CC(N)CN2C)n(C)n1. The summed E-state index contributed by atoms with van der Waals surface area (Å²) in [5, 5.41) is 4.36. The number of likely N-dealkylation sites (tertiary alicyclic amines) is 1. The van der Waals surface area contributed by atoms with Crippen LogP contribution in [0.4, 0.5) is 0 Å². The van der Waals surface area contributed by atoms with E-state index < -0.39 is 0 Å². The fourth-order valence-electron chi connectivity index (χ4n) is 2.33. The largest absolute Gasteiger partial charge is 0.326 e. The molecule has 0 bridgehead atoms. The molecule has 2 N–H and O–H groups in total. The molecule has 1 saturated heterocycles. The van der Waals surface area contributed by atoms with E-state index >= 15 is 0 Å². The van der Waals surface area contributed by atoms with Gasteiger partial charge in [0, 0.05) is 19.6 Å². The summed E-state index contributed by atoms with van der Waals surface area (Å²) in [6.45, 7) is 3.01. The van der Waals surface area contributed by atoms with Crippen LogP contribution in [0.2, 0.25) is 0 Å². The summed E-state index contributed by atoms with van der Waals surface area (Å²) in [7, 11) is 4.12. The standard InChI is InChI=1S/C10H18N4/c1-7-4-10(14(3)12-7)9-5-8(11)6-13(9)2/h4,8-9H,5-6,11H2,1-3H3. The zero-order valence-corrected chi connectivity index (χ0v) is 9.07. The Morgan fingerprint density at radius 3 is 2.64 bits per heavy atom. The number of aromatic nitrogens is 2. The molecule has 2 heterocycles. The lowest BCUT2D eigenvalue weighted by Gasteiger charge is -2.18. The molecule has 1 fully saturated rings. The van der Waals surface area contributed by atoms with Crippen LogP contribution < -0.4 is 5.73 Å². The third-order valence-electron chi connectivity index (χ3n) is 2.96. The van der Waals surface area contributed by atoms with E-state index in [1.165, 1.54) is 5.69 Å². The summed E-state index contributed by atoms with van der Waals surface area (Å²) < 4.78 is 1.97. The minimum absolute atomic E-state index is 0.306. The summed E-state index contributed by atoms with van der Waals surface area (Å²) in [6.07, 6.45) is 1.04. The number of hydrogen-bond acceptors (Lipinski definition) is 3. The summed E-state index contributed by atoms with van der Waals surface area (Å²) in [5.74, 6) is 0. The number of likely N-dealkylation sites (N-methyl/N-ethyl adjacent to an activating group) is 1. The first-order valence-corrected chi connectivity index (χ1v) is 5.04. The average Bonchev–Trinajstić information content (AvgIpc) is 2.55. The van der Waals surface area contributed by atoms with Crippen molar-refractivity contribution in [3.05, 3.63) is 17.5 Å². The predicted octanol–water partition coefficient (Wildman–Crippen LogP) is 0.432. The van der Waals surface area contributed by atoms with Gasteiger partial charge in [0.15, 0.2) is 0 Å². The molecule has 1 aromatic rings. The van der Waals surface area contributed by atoms with Gasteiger partial charge in [-0.05, 0) is 26.5 Å². The zero-order chi connectivity index (χ0) is 10.3. The van der Waals surface area contributed by atoms with E-state index in [0.717, 1.165) is 18.7 Å². The van der Waals surface area contributed by atoms with Crippen LogP contribution in [0.15, 0.2) is 6.07 Å². The molecule has 1 aliphatic heterocycles. The molecule has 78 valence electrons. The van der Waals surface area contributed by atoms with Crippen LogP contribution in [0.5, 0.6) is 0 Å². The second kappa shape index (κ2) is 3.37. The molecular formula is C10H18N4. The third kappa shape index (κ3) is 1.55. The van der Waals surface area contributed by atoms with Crippen LogP contribution in [-0.2, 0) is 7.05 Å². The predicted molar refractivity (Wildman–Crippen MR) is 55.9 cm³/mol. The Hall–Kier alpha value is -0.870. The van der Waals surface area contributed by atoms with Gasteiger partial charge < -0.3 is 5.73 Å². The fourth-order valence-corrected chi connectivity index (χ4v) is 2.33. The van der Waals surface area contributed by atoms with Crippen LogP contribution in [0.3, 0.4) is 0 Å². The molecule has 0 aliphatic carbocycles. The number of hydrogen-bond donors (Lipinski definition) is 1. The van der Waals surface area contributed by atoms with Crippen molar-refractivity contribution in [3.8, 4) is 0 Å². The highest BCUT2D eigenvalue weighted by Gasteiger charge is 2.30. The van der Waals surface area contributed by atoms with Gasteiger partial charge >= 0.3 is 0 Å². The van der Waals surface area contributed by atoms with E-state index in [0.29, 0.717) is 12.1 Å². The number of nitrogens with zero attached hydrogens (tertiary/aromatic N) is 3. The Labute approximate surface area is 84.7 Å². The van der Waals surface area contributed by atoms with Gasteiger partial charge in [-0.25, -0.2) is 0 Å². The maximum atomic E-state index is 5.94. The zero-order valence-electron chi connectivity index (χ0n) is 9.07. The molecule has 2 unspecified atom stereocenters. The van der Waals surface area contributed by atoms with Crippen LogP contribution in [0.25, 0.3) is 0 Å². The molecule has 1 aliphatic rings. The molecule has 14 heavy (non-hydrogen) atoms. The van der Waals surface area contributed by atoms with Crippen LogP contribution in [0.1, 0.15) is 23.9 Å². The van der Waals surface area contributed by atoms with Crippen molar-refractivity contribution < 1.29 is 0 Å². The summed E-state index contributed by atoms with van der Waals surface area (Å²) in [4.78, 5) is 2.31. The summed E-state index contributed by atoms with van der Waals surface area (Å²) in [5.41, 5.74) is 8.29. The molecule has 0 radical (unpaired) electrons. The Bertz CT molecular complexity index is 331. The van der Waals surface area contributed by atoms with E-state index in [9.17, 15) is 0 Å². The molecule has 0 saturated carbocycles. The van der Waals surface area contributed by atoms with E-state index in [4.69, 9.17) is 5.73 Å². The molecule has 2 atom stereocenters. The highest BCUT2D eigenvalue weighted by molar-refractivity contribution is 5.15. The first-order valence-electron chi connectivity index (χ1n) is 5.04. The van der Waals surface area contributed by atoms with Gasteiger partial charge in [0.1, 0.15) is 0 Å². The Balaban J connectivity index is 2.26. The van der Waals surface area contributed by atoms with Gasteiger partial charge in [0.2, 0.25) is 0 Å². The van der Waals surface area contributed by atoms with Crippen molar-refractivity contribution in [2.24, 2.45) is 12.8 Å². The van der Waals surface area contributed by atoms with Gasteiger partial charge in [-0.3, -0.25) is 9.58 Å². The van der Waals surface area contributed by atoms with Gasteiger partial charge in [-0.2, -0.15) is 5.10 Å². The summed E-state index contributed by atoms with van der Waals surface area (Å²) in [6, 6.07) is 2.90. The van der Waals surface area contributed by atoms with E-state index in [2.05, 4.69) is 23.1 Å². The van der Waals surface area contributed by atoms with Crippen LogP contribution in [0, 0.1) is 6.92 Å². The molecule has 0 spiro atoms. The van der Waals surface area contributed by atoms with Crippen molar-refractivity contribution in [2.75, 3.05) is 13.6 Å². The van der Waals surface area contributed by atoms with Gasteiger partial charge in [0.25, 0.3) is 0 Å². The first-order chi connectivity index (χ1) is 6.58. The molecule has 1 aromatic heterocycles. The van der Waals surface area contributed by atoms with E-state index in [1.54, 1.807) is 0 Å². The highest BCUT2D eigenvalue weighted by atomic mass is 15.3. The highest BCUT2D eigenvalue weighted by Crippen LogP contribution is 2.29. The van der Waals surface area contributed by atoms with E-state index in [-0.39, 0.29) is 0 Å². The molecule has 2 rings (SSSR count). The fraction of sp³-hybridized carbons (Fsp3) is 0.700. The summed E-state index contributed by atoms with van der Waals surface area (Å²) >= 11 is 0. The Morgan fingerprint density at radius 2 is 2.21 bits per heavy atom. The minimum Gasteiger partial charge on any atom is -0.326 e. The second-order valence-corrected chi connectivity index (χ2v) is 4.29. The van der Waals surface area contributed by atoms with Crippen molar-refractivity contribution in [3.63, 3.8) is 0 Å². The number of nitrogens with two attached hydrogens (primary N) is 1. The lowest BCUT2D eigenvalue weighted by Crippen LogP contribution is -2.24. The van der Waals surface area contributed by atoms with Gasteiger partial charge in [0.05, 0.1) is 17.4 Å². The normalized spacial score (nSPS) is 28.6. The lowest BCUT2D eigenvalue weighted by molar-refractivity contribution is 0.303. The Kier molecular flexibility index (Phi) is 2.33. The molecule has 0 aromatic carbocycles. The lowest BCUT2D eigenvalue weighted by atomic mass is 10.1. The Morgan fingerprint density at radius 1 is 1.50 bits per heavy atom. The second-order valence-electron chi connectivity index (χ2n) is 4.29. The quantitative estimate of drug-likeness (QED) is 0.705. The van der Waals surface area contributed by atoms with Crippen LogP contribution in [-0.4, -0.2) is 34.3 Å². The molecular weight excluding hydrogens is 176 g/mol. The van der Waals surface area contributed by atoms with Crippen molar-refractivity contribution in [1.29, 1.82) is 0 Å². The smallest absolute Gasteiger partial charge is 0.0597 e. The average molecular weight is 194 g/mol.